The molecule has 0 bridgehead atoms. The van der Waals surface area contributed by atoms with Crippen LogP contribution in [-0.4, -0.2) is 16.8 Å². The van der Waals surface area contributed by atoms with Crippen LogP contribution in [0.3, 0.4) is 0 Å². The second-order valence-corrected chi connectivity index (χ2v) is 3.85. The summed E-state index contributed by atoms with van der Waals surface area (Å²) in [5, 5.41) is 7.62. The molecular weight excluding hydrogens is 174 g/mol. The summed E-state index contributed by atoms with van der Waals surface area (Å²) in [6.45, 7) is 8.03. The Morgan fingerprint density at radius 3 is 2.71 bits per heavy atom. The van der Waals surface area contributed by atoms with Gasteiger partial charge in [-0.1, -0.05) is 5.57 Å². The van der Waals surface area contributed by atoms with Gasteiger partial charge in [-0.05, 0) is 27.3 Å². The molecule has 1 unspecified atom stereocenters. The van der Waals surface area contributed by atoms with E-state index < -0.39 is 0 Å². The highest BCUT2D eigenvalue weighted by molar-refractivity contribution is 5.21. The highest BCUT2D eigenvalue weighted by Gasteiger charge is 2.14. The predicted octanol–water partition coefficient (Wildman–Crippen LogP) is 1.96. The zero-order valence-corrected chi connectivity index (χ0v) is 9.46. The summed E-state index contributed by atoms with van der Waals surface area (Å²) in [6.07, 6.45) is 3.03. The molecule has 1 aromatic rings. The van der Waals surface area contributed by atoms with Gasteiger partial charge in [-0.2, -0.15) is 5.10 Å². The van der Waals surface area contributed by atoms with Crippen molar-refractivity contribution >= 4 is 0 Å². The molecule has 3 nitrogen and oxygen atoms in total. The molecule has 1 atom stereocenters. The monoisotopic (exact) mass is 193 g/mol. The van der Waals surface area contributed by atoms with Crippen molar-refractivity contribution in [1.29, 1.82) is 0 Å². The summed E-state index contributed by atoms with van der Waals surface area (Å²) >= 11 is 0. The molecule has 78 valence electrons. The van der Waals surface area contributed by atoms with Crippen molar-refractivity contribution in [3.05, 3.63) is 29.6 Å². The van der Waals surface area contributed by atoms with Crippen LogP contribution in [0.5, 0.6) is 0 Å². The molecule has 1 N–H and O–H groups in total. The van der Waals surface area contributed by atoms with Crippen molar-refractivity contribution in [3.8, 4) is 0 Å². The zero-order valence-electron chi connectivity index (χ0n) is 9.46. The molecule has 3 heteroatoms. The van der Waals surface area contributed by atoms with Crippen molar-refractivity contribution in [1.82, 2.24) is 15.1 Å². The second-order valence-electron chi connectivity index (χ2n) is 3.85. The molecule has 0 saturated carbocycles. The summed E-state index contributed by atoms with van der Waals surface area (Å²) in [7, 11) is 3.92. The maximum atomic E-state index is 4.33. The smallest absolute Gasteiger partial charge is 0.0641 e. The van der Waals surface area contributed by atoms with E-state index in [0.29, 0.717) is 6.04 Å². The Labute approximate surface area is 85.8 Å². The van der Waals surface area contributed by atoms with Gasteiger partial charge in [-0.15, -0.1) is 6.58 Å². The Morgan fingerprint density at radius 1 is 1.71 bits per heavy atom. The first-order valence-electron chi connectivity index (χ1n) is 4.86. The van der Waals surface area contributed by atoms with Gasteiger partial charge in [0.2, 0.25) is 0 Å². The van der Waals surface area contributed by atoms with Crippen LogP contribution in [0.15, 0.2) is 18.3 Å². The topological polar surface area (TPSA) is 29.9 Å². The molecule has 0 saturated heterocycles. The molecule has 0 aliphatic carbocycles. The normalized spacial score (nSPS) is 12.9. The van der Waals surface area contributed by atoms with Crippen molar-refractivity contribution in [2.24, 2.45) is 7.05 Å². The van der Waals surface area contributed by atoms with Gasteiger partial charge >= 0.3 is 0 Å². The quantitative estimate of drug-likeness (QED) is 0.741. The van der Waals surface area contributed by atoms with Gasteiger partial charge in [-0.25, -0.2) is 0 Å². The van der Waals surface area contributed by atoms with Gasteiger partial charge < -0.3 is 5.32 Å². The fraction of sp³-hybridized carbons (Fsp3) is 0.545. The van der Waals surface area contributed by atoms with E-state index in [1.54, 1.807) is 0 Å². The molecule has 1 aromatic heterocycles. The molecule has 1 heterocycles. The first-order chi connectivity index (χ1) is 6.54. The SMILES string of the molecule is C=C(C)CC(NC)c1cn(C)nc1C. The average Bonchev–Trinajstić information content (AvgIpc) is 2.41. The standard InChI is InChI=1S/C11H19N3/c1-8(2)6-11(12-4)10-7-14(5)13-9(10)3/h7,11-12H,1,6H2,2-5H3. The van der Waals surface area contributed by atoms with Crippen molar-refractivity contribution in [3.63, 3.8) is 0 Å². The van der Waals surface area contributed by atoms with Crippen molar-refractivity contribution in [2.45, 2.75) is 26.3 Å². The number of aryl methyl sites for hydroxylation is 2. The Hall–Kier alpha value is -1.09. The van der Waals surface area contributed by atoms with Crippen molar-refractivity contribution in [2.75, 3.05) is 7.05 Å². The third-order valence-corrected chi connectivity index (χ3v) is 2.33. The van der Waals surface area contributed by atoms with E-state index in [9.17, 15) is 0 Å². The van der Waals surface area contributed by atoms with Crippen LogP contribution < -0.4 is 5.32 Å². The summed E-state index contributed by atoms with van der Waals surface area (Å²) in [5.41, 5.74) is 3.54. The van der Waals surface area contributed by atoms with E-state index >= 15 is 0 Å². The minimum Gasteiger partial charge on any atom is -0.313 e. The summed E-state index contributed by atoms with van der Waals surface area (Å²) in [5.74, 6) is 0. The average molecular weight is 193 g/mol. The maximum absolute atomic E-state index is 4.33. The molecule has 0 aliphatic rings. The third kappa shape index (κ3) is 2.45. The van der Waals surface area contributed by atoms with Crippen LogP contribution in [0, 0.1) is 6.92 Å². The van der Waals surface area contributed by atoms with Gasteiger partial charge in [0.25, 0.3) is 0 Å². The fourth-order valence-corrected chi connectivity index (χ4v) is 1.68. The van der Waals surface area contributed by atoms with Crippen molar-refractivity contribution < 1.29 is 0 Å². The molecule has 0 radical (unpaired) electrons. The number of aromatic nitrogens is 2. The van der Waals surface area contributed by atoms with Gasteiger partial charge in [0.05, 0.1) is 5.69 Å². The molecule has 0 spiro atoms. The van der Waals surface area contributed by atoms with Gasteiger partial charge in [0, 0.05) is 24.8 Å². The molecule has 0 amide bonds. The van der Waals surface area contributed by atoms with Gasteiger partial charge in [0.15, 0.2) is 0 Å². The first-order valence-corrected chi connectivity index (χ1v) is 4.86. The summed E-state index contributed by atoms with van der Waals surface area (Å²) in [6, 6.07) is 0.334. The second kappa shape index (κ2) is 4.42. The number of nitrogens with one attached hydrogen (secondary N) is 1. The largest absolute Gasteiger partial charge is 0.313 e. The van der Waals surface area contributed by atoms with E-state index in [2.05, 4.69) is 30.1 Å². The lowest BCUT2D eigenvalue weighted by Gasteiger charge is -2.15. The van der Waals surface area contributed by atoms with Crippen LogP contribution in [0.4, 0.5) is 0 Å². The first kappa shape index (κ1) is 11.0. The molecule has 0 fully saturated rings. The predicted molar refractivity (Wildman–Crippen MR) is 59.2 cm³/mol. The fourth-order valence-electron chi connectivity index (χ4n) is 1.68. The van der Waals surface area contributed by atoms with E-state index in [4.69, 9.17) is 0 Å². The van der Waals surface area contributed by atoms with E-state index in [-0.39, 0.29) is 0 Å². The highest BCUT2D eigenvalue weighted by Crippen LogP contribution is 2.21. The highest BCUT2D eigenvalue weighted by atomic mass is 15.3. The summed E-state index contributed by atoms with van der Waals surface area (Å²) in [4.78, 5) is 0. The Bertz CT molecular complexity index is 325. The van der Waals surface area contributed by atoms with Crippen LogP contribution in [0.2, 0.25) is 0 Å². The minimum absolute atomic E-state index is 0.334. The van der Waals surface area contributed by atoms with E-state index in [0.717, 1.165) is 12.1 Å². The summed E-state index contributed by atoms with van der Waals surface area (Å²) < 4.78 is 1.85. The van der Waals surface area contributed by atoms with Gasteiger partial charge in [0.1, 0.15) is 0 Å². The number of rotatable bonds is 4. The van der Waals surface area contributed by atoms with E-state index in [1.165, 1.54) is 11.1 Å². The molecule has 14 heavy (non-hydrogen) atoms. The minimum atomic E-state index is 0.334. The van der Waals surface area contributed by atoms with Crippen LogP contribution >= 0.6 is 0 Å². The Kier molecular flexibility index (Phi) is 3.47. The van der Waals surface area contributed by atoms with Crippen LogP contribution in [0.25, 0.3) is 0 Å². The third-order valence-electron chi connectivity index (χ3n) is 2.33. The van der Waals surface area contributed by atoms with E-state index in [1.807, 2.05) is 25.7 Å². The lowest BCUT2D eigenvalue weighted by atomic mass is 10.0. The lowest BCUT2D eigenvalue weighted by molar-refractivity contribution is 0.586. The Morgan fingerprint density at radius 2 is 2.36 bits per heavy atom. The maximum Gasteiger partial charge on any atom is 0.0641 e. The molecular formula is C11H19N3. The Balaban J connectivity index is 2.88. The zero-order chi connectivity index (χ0) is 10.7. The number of nitrogens with zero attached hydrogens (tertiary/aromatic N) is 2. The molecule has 0 aromatic carbocycles. The van der Waals surface area contributed by atoms with Gasteiger partial charge in [-0.3, -0.25) is 4.68 Å². The number of hydrogen-bond donors (Lipinski definition) is 1. The molecule has 1 rings (SSSR count). The number of hydrogen-bond acceptors (Lipinski definition) is 2. The molecule has 0 aliphatic heterocycles. The van der Waals surface area contributed by atoms with Crippen LogP contribution in [-0.2, 0) is 7.05 Å². The van der Waals surface area contributed by atoms with Crippen LogP contribution in [0.1, 0.15) is 30.6 Å². The lowest BCUT2D eigenvalue weighted by Crippen LogP contribution is -2.16.